The summed E-state index contributed by atoms with van der Waals surface area (Å²) in [4.78, 5) is 67.3. The quantitative estimate of drug-likeness (QED) is 0.0188. The van der Waals surface area contributed by atoms with Crippen molar-refractivity contribution in [2.45, 2.75) is 96.9 Å². The predicted octanol–water partition coefficient (Wildman–Crippen LogP) is 14.0. The highest BCUT2D eigenvalue weighted by atomic mass is 19.1. The maximum Gasteiger partial charge on any atom is 0.310 e. The fraction of sp³-hybridized carbons (Fsp3) is 0.243. The monoisotopic (exact) mass is 1160 g/mol. The number of anilines is 2. The zero-order chi connectivity index (χ0) is 61.4. The molecule has 0 fully saturated rings. The van der Waals surface area contributed by atoms with Gasteiger partial charge >= 0.3 is 11.9 Å². The van der Waals surface area contributed by atoms with Gasteiger partial charge in [-0.15, -0.1) is 0 Å². The molecule has 2 aromatic heterocycles. The zero-order valence-corrected chi connectivity index (χ0v) is 48.5. The number of ether oxygens (including phenoxy) is 2. The second-order valence-corrected chi connectivity index (χ2v) is 21.6. The Morgan fingerprint density at radius 1 is 0.535 bits per heavy atom. The van der Waals surface area contributed by atoms with Crippen molar-refractivity contribution in [2.24, 2.45) is 0 Å². The van der Waals surface area contributed by atoms with Crippen LogP contribution in [0.15, 0.2) is 194 Å². The molecule has 444 valence electrons. The molecule has 8 rings (SSSR count). The molecule has 0 radical (unpaired) electrons. The summed E-state index contributed by atoms with van der Waals surface area (Å²) in [5, 5.41) is 39.6. The third-order valence-electron chi connectivity index (χ3n) is 14.3. The van der Waals surface area contributed by atoms with Gasteiger partial charge in [0.15, 0.2) is 13.2 Å². The summed E-state index contributed by atoms with van der Waals surface area (Å²) >= 11 is 0. The van der Waals surface area contributed by atoms with E-state index < -0.39 is 61.2 Å². The van der Waals surface area contributed by atoms with Gasteiger partial charge in [0.1, 0.15) is 11.6 Å². The number of benzene rings is 6. The Hall–Kier alpha value is -9.51. The number of Topliss-reactive ketones (excluding diaryl/α,β-unsaturated/α-hetero) is 1. The van der Waals surface area contributed by atoms with Crippen molar-refractivity contribution in [3.05, 3.63) is 228 Å². The number of aliphatic hydroxyl groups excluding tert-OH is 3. The van der Waals surface area contributed by atoms with Gasteiger partial charge in [-0.2, -0.15) is 0 Å². The molecule has 0 aliphatic rings. The van der Waals surface area contributed by atoms with E-state index >= 15 is 0 Å². The molecule has 0 saturated carbocycles. The lowest BCUT2D eigenvalue weighted by atomic mass is 9.94. The molecular formula is C70H70F2N4O10. The van der Waals surface area contributed by atoms with E-state index in [1.807, 2.05) is 134 Å². The molecule has 0 saturated heterocycles. The molecule has 0 aliphatic carbocycles. The van der Waals surface area contributed by atoms with E-state index in [2.05, 4.69) is 17.2 Å². The van der Waals surface area contributed by atoms with Crippen LogP contribution in [-0.4, -0.2) is 79.4 Å². The molecule has 86 heavy (non-hydrogen) atoms. The van der Waals surface area contributed by atoms with Crippen molar-refractivity contribution >= 4 is 40.9 Å². The molecule has 0 spiro atoms. The highest BCUT2D eigenvalue weighted by molar-refractivity contribution is 6.13. The molecule has 0 aliphatic heterocycles. The topological polar surface area (TPSA) is 198 Å². The highest BCUT2D eigenvalue weighted by Gasteiger charge is 2.33. The highest BCUT2D eigenvalue weighted by Crippen LogP contribution is 2.45. The number of ketones is 1. The number of allylic oxidation sites excluding steroid dienone is 1. The van der Waals surface area contributed by atoms with Crippen molar-refractivity contribution in [2.75, 3.05) is 23.8 Å². The van der Waals surface area contributed by atoms with Gasteiger partial charge in [-0.1, -0.05) is 137 Å². The third-order valence-corrected chi connectivity index (χ3v) is 14.3. The Balaban J connectivity index is 0.861. The molecule has 8 aromatic rings. The molecular weight excluding hydrogens is 1090 g/mol. The van der Waals surface area contributed by atoms with Crippen molar-refractivity contribution in [3.63, 3.8) is 0 Å². The first-order valence-corrected chi connectivity index (χ1v) is 28.5. The molecule has 6 aromatic carbocycles. The Morgan fingerprint density at radius 2 is 0.953 bits per heavy atom. The second kappa shape index (κ2) is 29.3. The van der Waals surface area contributed by atoms with Crippen LogP contribution in [0.3, 0.4) is 0 Å². The summed E-state index contributed by atoms with van der Waals surface area (Å²) in [6.45, 7) is 10.5. The van der Waals surface area contributed by atoms with E-state index in [4.69, 9.17) is 9.47 Å². The first kappa shape index (κ1) is 62.5. The summed E-state index contributed by atoms with van der Waals surface area (Å²) in [6, 6.07) is 48.8. The summed E-state index contributed by atoms with van der Waals surface area (Å²) < 4.78 is 42.9. The maximum atomic E-state index is 14.4. The number of hydrogen-bond donors (Lipinski definition) is 5. The summed E-state index contributed by atoms with van der Waals surface area (Å²) in [5.74, 6) is -4.79. The normalized spacial score (nSPS) is 12.2. The minimum Gasteiger partial charge on any atom is -0.512 e. The molecule has 2 atom stereocenters. The standard InChI is InChI=1S/C70H70F2N4O10/c1-44(2)65-63(69(83)73-53-22-14-8-15-23-53)61(47-18-10-6-11-19-47)67(49-26-30-51(71)31-27-49)75(65)36-34-55(77)38-46(5)39-59(81)85-42-58(80)43-86-60(82)41-57(79)40-56(78)35-37-76-66(45(3)4)64(70(84)74-54-24-16-9-17-25-54)62(48-20-12-7-13-21-48)68(76)50-28-32-52(72)33-29-50/h6-33,35,44-45,55,57,77-79H,5,34,36-43H2,1-4H3,(H,73,83)(H,74,84)/b56-35+/t55-,57-/m1/s1. The van der Waals surface area contributed by atoms with Crippen LogP contribution in [0.5, 0.6) is 0 Å². The summed E-state index contributed by atoms with van der Waals surface area (Å²) in [5.41, 5.74) is 8.92. The van der Waals surface area contributed by atoms with Gasteiger partial charge in [0, 0.05) is 53.4 Å². The van der Waals surface area contributed by atoms with Gasteiger partial charge in [-0.3, -0.25) is 24.0 Å². The average molecular weight is 1170 g/mol. The lowest BCUT2D eigenvalue weighted by Gasteiger charge is -2.19. The zero-order valence-electron chi connectivity index (χ0n) is 48.5. The van der Waals surface area contributed by atoms with Crippen LogP contribution in [0.25, 0.3) is 44.8 Å². The Morgan fingerprint density at radius 3 is 1.41 bits per heavy atom. The molecule has 5 N–H and O–H groups in total. The van der Waals surface area contributed by atoms with Crippen LogP contribution >= 0.6 is 0 Å². The number of aromatic nitrogens is 2. The van der Waals surface area contributed by atoms with E-state index in [1.165, 1.54) is 30.3 Å². The van der Waals surface area contributed by atoms with E-state index in [0.29, 0.717) is 73.1 Å². The van der Waals surface area contributed by atoms with Crippen LogP contribution in [0.2, 0.25) is 0 Å². The van der Waals surface area contributed by atoms with Crippen LogP contribution in [-0.2, 0) is 36.9 Å². The van der Waals surface area contributed by atoms with Crippen LogP contribution in [0.1, 0.15) is 104 Å². The first-order valence-electron chi connectivity index (χ1n) is 28.5. The number of rotatable bonds is 27. The summed E-state index contributed by atoms with van der Waals surface area (Å²) in [6.07, 6.45) is -2.11. The summed E-state index contributed by atoms with van der Waals surface area (Å²) in [7, 11) is 0. The van der Waals surface area contributed by atoms with Crippen molar-refractivity contribution in [1.29, 1.82) is 0 Å². The van der Waals surface area contributed by atoms with E-state index in [1.54, 1.807) is 48.5 Å². The SMILES string of the molecule is C=C(CC(=O)OCC(=O)COC(=O)C[C@H](O)C/C(O)=C\Cn1c(-c2ccc(F)cc2)c(-c2ccccc2)c(C(=O)Nc2ccccc2)c1C(C)C)C[C@H](O)CCn1c(-c2ccc(F)cc2)c(-c2ccccc2)c(C(=O)Nc2ccccc2)c1C(C)C. The van der Waals surface area contributed by atoms with Gasteiger partial charge in [0.2, 0.25) is 5.78 Å². The molecule has 14 nitrogen and oxygen atoms in total. The average Bonchev–Trinajstić information content (AvgIpc) is 1.70. The number of hydrogen-bond acceptors (Lipinski definition) is 10. The smallest absolute Gasteiger partial charge is 0.310 e. The number of aliphatic hydroxyl groups is 3. The fourth-order valence-electron chi connectivity index (χ4n) is 10.6. The fourth-order valence-corrected chi connectivity index (χ4v) is 10.6. The maximum absolute atomic E-state index is 14.4. The second-order valence-electron chi connectivity index (χ2n) is 21.6. The van der Waals surface area contributed by atoms with Crippen LogP contribution < -0.4 is 10.6 Å². The first-order chi connectivity index (χ1) is 41.4. The Kier molecular flexibility index (Phi) is 21.3. The van der Waals surface area contributed by atoms with Gasteiger partial charge < -0.3 is 44.6 Å². The van der Waals surface area contributed by atoms with Gasteiger partial charge in [0.25, 0.3) is 11.8 Å². The number of nitrogens with zero attached hydrogens (tertiary/aromatic N) is 2. The molecule has 0 bridgehead atoms. The van der Waals surface area contributed by atoms with E-state index in [9.17, 15) is 48.1 Å². The number of para-hydroxylation sites is 2. The molecule has 2 heterocycles. The van der Waals surface area contributed by atoms with Gasteiger partial charge in [-0.05, 0) is 126 Å². The predicted molar refractivity (Wildman–Crippen MR) is 329 cm³/mol. The largest absolute Gasteiger partial charge is 0.512 e. The van der Waals surface area contributed by atoms with E-state index in [-0.39, 0.29) is 68.2 Å². The molecule has 0 unspecified atom stereocenters. The number of amides is 2. The van der Waals surface area contributed by atoms with Crippen LogP contribution in [0, 0.1) is 11.6 Å². The van der Waals surface area contributed by atoms with Crippen molar-refractivity contribution in [3.8, 4) is 44.8 Å². The Bertz CT molecular complexity index is 3690. The van der Waals surface area contributed by atoms with E-state index in [0.717, 1.165) is 11.1 Å². The van der Waals surface area contributed by atoms with Crippen molar-refractivity contribution in [1.82, 2.24) is 9.13 Å². The number of halogens is 2. The molecule has 2 amide bonds. The van der Waals surface area contributed by atoms with Gasteiger partial charge in [0.05, 0.1) is 53.3 Å². The Labute approximate surface area is 499 Å². The minimum absolute atomic E-state index is 0.00279. The van der Waals surface area contributed by atoms with Crippen LogP contribution in [0.4, 0.5) is 20.2 Å². The number of carbonyl (C=O) groups excluding carboxylic acids is 5. The lowest BCUT2D eigenvalue weighted by Crippen LogP contribution is -2.23. The third kappa shape index (κ3) is 16.0. The number of nitrogens with one attached hydrogen (secondary N) is 2. The molecule has 16 heteroatoms. The van der Waals surface area contributed by atoms with Gasteiger partial charge in [-0.25, -0.2) is 8.78 Å². The number of carbonyl (C=O) groups is 5. The lowest BCUT2D eigenvalue weighted by molar-refractivity contribution is -0.153. The van der Waals surface area contributed by atoms with Crippen molar-refractivity contribution < 1.29 is 57.5 Å². The minimum atomic E-state index is -1.43. The number of esters is 2.